The van der Waals surface area contributed by atoms with Crippen LogP contribution in [0.3, 0.4) is 0 Å². The van der Waals surface area contributed by atoms with Crippen LogP contribution in [0.5, 0.6) is 0 Å². The van der Waals surface area contributed by atoms with Gasteiger partial charge in [0.1, 0.15) is 5.69 Å². The summed E-state index contributed by atoms with van der Waals surface area (Å²) in [5.74, 6) is -1.52. The van der Waals surface area contributed by atoms with Gasteiger partial charge in [0.2, 0.25) is 0 Å². The van der Waals surface area contributed by atoms with Gasteiger partial charge in [-0.25, -0.2) is 4.79 Å². The Hall–Kier alpha value is -4.08. The van der Waals surface area contributed by atoms with E-state index in [4.69, 9.17) is 4.74 Å². The van der Waals surface area contributed by atoms with Gasteiger partial charge >= 0.3 is 5.97 Å². The number of nitro benzene ring substituents is 1. The number of hydrogen-bond acceptors (Lipinski definition) is 7. The third-order valence-electron chi connectivity index (χ3n) is 4.47. The number of aryl methyl sites for hydroxylation is 2. The Morgan fingerprint density at radius 1 is 1.10 bits per heavy atom. The van der Waals surface area contributed by atoms with Gasteiger partial charge in [0.15, 0.2) is 12.3 Å². The van der Waals surface area contributed by atoms with E-state index < -0.39 is 23.4 Å². The molecule has 0 aliphatic heterocycles. The number of aromatic nitrogens is 3. The van der Waals surface area contributed by atoms with Crippen molar-refractivity contribution >= 4 is 23.3 Å². The fourth-order valence-electron chi connectivity index (χ4n) is 2.73. The van der Waals surface area contributed by atoms with E-state index in [2.05, 4.69) is 15.5 Å². The van der Waals surface area contributed by atoms with Gasteiger partial charge in [-0.1, -0.05) is 24.3 Å². The van der Waals surface area contributed by atoms with Gasteiger partial charge in [-0.05, 0) is 44.0 Å². The summed E-state index contributed by atoms with van der Waals surface area (Å²) in [6.07, 6.45) is 0. The number of esters is 1. The Morgan fingerprint density at radius 3 is 2.47 bits per heavy atom. The number of nitro groups is 1. The molecule has 3 rings (SSSR count). The highest BCUT2D eigenvalue weighted by atomic mass is 16.6. The van der Waals surface area contributed by atoms with Crippen LogP contribution < -0.4 is 5.32 Å². The number of anilines is 1. The minimum absolute atomic E-state index is 0.0237. The van der Waals surface area contributed by atoms with Crippen molar-refractivity contribution < 1.29 is 19.2 Å². The largest absolute Gasteiger partial charge is 0.451 e. The lowest BCUT2D eigenvalue weighted by molar-refractivity contribution is -0.384. The molecule has 2 aromatic carbocycles. The Morgan fingerprint density at radius 2 is 1.80 bits per heavy atom. The smallest absolute Gasteiger partial charge is 0.361 e. The molecule has 30 heavy (non-hydrogen) atoms. The molecule has 0 saturated heterocycles. The molecule has 0 radical (unpaired) electrons. The SMILES string of the molecule is Cc1ccc([N+](=O)[O-])c(NC(=O)COC(=O)c2nn(-c3ccccc3)nc2C)c1C. The number of benzene rings is 2. The molecule has 1 heterocycles. The van der Waals surface area contributed by atoms with Gasteiger partial charge < -0.3 is 10.1 Å². The van der Waals surface area contributed by atoms with Crippen LogP contribution in [-0.2, 0) is 9.53 Å². The van der Waals surface area contributed by atoms with Gasteiger partial charge in [-0.15, -0.1) is 5.10 Å². The second-order valence-electron chi connectivity index (χ2n) is 6.54. The summed E-state index contributed by atoms with van der Waals surface area (Å²) in [5, 5.41) is 22.0. The molecular formula is C20H19N5O5. The molecule has 0 atom stereocenters. The standard InChI is InChI=1S/C20H19N5O5/c1-12-9-10-16(25(28)29)18(13(12)2)21-17(26)11-30-20(27)19-14(3)22-24(23-19)15-7-5-4-6-8-15/h4-10H,11H2,1-3H3,(H,21,26). The van der Waals surface area contributed by atoms with Crippen LogP contribution >= 0.6 is 0 Å². The Kier molecular flexibility index (Phi) is 5.86. The van der Waals surface area contributed by atoms with Crippen LogP contribution in [0.4, 0.5) is 11.4 Å². The number of amides is 1. The molecule has 10 nitrogen and oxygen atoms in total. The normalized spacial score (nSPS) is 10.5. The van der Waals surface area contributed by atoms with Crippen LogP contribution in [0.15, 0.2) is 42.5 Å². The molecule has 0 spiro atoms. The summed E-state index contributed by atoms with van der Waals surface area (Å²) in [7, 11) is 0. The zero-order chi connectivity index (χ0) is 21.8. The predicted octanol–water partition coefficient (Wildman–Crippen LogP) is 2.90. The molecular weight excluding hydrogens is 390 g/mol. The number of para-hydroxylation sites is 1. The second kappa shape index (κ2) is 8.52. The van der Waals surface area contributed by atoms with Crippen molar-refractivity contribution in [1.82, 2.24) is 15.0 Å². The van der Waals surface area contributed by atoms with E-state index in [9.17, 15) is 19.7 Å². The van der Waals surface area contributed by atoms with Crippen LogP contribution in [0.2, 0.25) is 0 Å². The van der Waals surface area contributed by atoms with Gasteiger partial charge in [0.05, 0.1) is 16.3 Å². The first-order valence-corrected chi connectivity index (χ1v) is 8.99. The monoisotopic (exact) mass is 409 g/mol. The highest BCUT2D eigenvalue weighted by Crippen LogP contribution is 2.30. The first-order chi connectivity index (χ1) is 14.3. The van der Waals surface area contributed by atoms with Crippen molar-refractivity contribution in [1.29, 1.82) is 0 Å². The average Bonchev–Trinajstić information content (AvgIpc) is 3.12. The Bertz CT molecular complexity index is 1120. The van der Waals surface area contributed by atoms with Crippen LogP contribution in [0, 0.1) is 30.9 Å². The zero-order valence-corrected chi connectivity index (χ0v) is 16.6. The molecule has 0 unspecified atom stereocenters. The van der Waals surface area contributed by atoms with E-state index in [-0.39, 0.29) is 17.1 Å². The average molecular weight is 409 g/mol. The number of hydrogen-bond donors (Lipinski definition) is 1. The van der Waals surface area contributed by atoms with Crippen molar-refractivity contribution in [3.05, 3.63) is 75.1 Å². The lowest BCUT2D eigenvalue weighted by Gasteiger charge is -2.11. The molecule has 1 aromatic heterocycles. The minimum atomic E-state index is -0.819. The molecule has 0 aliphatic carbocycles. The summed E-state index contributed by atoms with van der Waals surface area (Å²) >= 11 is 0. The Balaban J connectivity index is 1.69. The van der Waals surface area contributed by atoms with E-state index in [0.29, 0.717) is 16.9 Å². The van der Waals surface area contributed by atoms with Crippen molar-refractivity contribution in [3.63, 3.8) is 0 Å². The van der Waals surface area contributed by atoms with Gasteiger partial charge in [-0.2, -0.15) is 9.90 Å². The maximum atomic E-state index is 12.3. The van der Waals surface area contributed by atoms with Crippen LogP contribution in [0.25, 0.3) is 5.69 Å². The first kappa shape index (κ1) is 20.6. The highest BCUT2D eigenvalue weighted by Gasteiger charge is 2.22. The summed E-state index contributed by atoms with van der Waals surface area (Å²) in [6.45, 7) is 4.41. The van der Waals surface area contributed by atoms with Crippen LogP contribution in [0.1, 0.15) is 27.3 Å². The second-order valence-corrected chi connectivity index (χ2v) is 6.54. The zero-order valence-electron chi connectivity index (χ0n) is 16.6. The third kappa shape index (κ3) is 4.32. The molecule has 1 N–H and O–H groups in total. The first-order valence-electron chi connectivity index (χ1n) is 8.99. The number of carbonyl (C=O) groups excluding carboxylic acids is 2. The molecule has 0 bridgehead atoms. The van der Waals surface area contributed by atoms with Crippen LogP contribution in [-0.4, -0.2) is 38.4 Å². The summed E-state index contributed by atoms with van der Waals surface area (Å²) < 4.78 is 5.03. The molecule has 154 valence electrons. The number of rotatable bonds is 6. The Labute approximate surface area is 171 Å². The number of nitrogens with zero attached hydrogens (tertiary/aromatic N) is 4. The van der Waals surface area contributed by atoms with E-state index in [1.165, 1.54) is 10.9 Å². The van der Waals surface area contributed by atoms with Gasteiger partial charge in [0, 0.05) is 6.07 Å². The van der Waals surface area contributed by atoms with Crippen molar-refractivity contribution in [2.45, 2.75) is 20.8 Å². The maximum absolute atomic E-state index is 12.3. The fourth-order valence-corrected chi connectivity index (χ4v) is 2.73. The van der Waals surface area contributed by atoms with E-state index >= 15 is 0 Å². The molecule has 3 aromatic rings. The third-order valence-corrected chi connectivity index (χ3v) is 4.47. The topological polar surface area (TPSA) is 129 Å². The summed E-state index contributed by atoms with van der Waals surface area (Å²) in [5.41, 5.74) is 2.16. The highest BCUT2D eigenvalue weighted by molar-refractivity contribution is 5.97. The maximum Gasteiger partial charge on any atom is 0.361 e. The molecule has 0 saturated carbocycles. The molecule has 1 amide bonds. The lowest BCUT2D eigenvalue weighted by atomic mass is 10.1. The van der Waals surface area contributed by atoms with E-state index in [0.717, 1.165) is 5.56 Å². The summed E-state index contributed by atoms with van der Waals surface area (Å²) in [6, 6.07) is 11.9. The van der Waals surface area contributed by atoms with Gasteiger partial charge in [-0.3, -0.25) is 14.9 Å². The number of carbonyl (C=O) groups is 2. The molecule has 0 fully saturated rings. The lowest BCUT2D eigenvalue weighted by Crippen LogP contribution is -2.22. The van der Waals surface area contributed by atoms with Crippen molar-refractivity contribution in [2.24, 2.45) is 0 Å². The summed E-state index contributed by atoms with van der Waals surface area (Å²) in [4.78, 5) is 36.5. The number of ether oxygens (including phenoxy) is 1. The molecule has 10 heteroatoms. The predicted molar refractivity (Wildman–Crippen MR) is 108 cm³/mol. The van der Waals surface area contributed by atoms with Crippen molar-refractivity contribution in [3.8, 4) is 5.69 Å². The van der Waals surface area contributed by atoms with Gasteiger partial charge in [0.25, 0.3) is 11.6 Å². The van der Waals surface area contributed by atoms with E-state index in [1.54, 1.807) is 39.0 Å². The quantitative estimate of drug-likeness (QED) is 0.376. The van der Waals surface area contributed by atoms with E-state index in [1.807, 2.05) is 18.2 Å². The molecule has 0 aliphatic rings. The van der Waals surface area contributed by atoms with Crippen molar-refractivity contribution in [2.75, 3.05) is 11.9 Å². The fraction of sp³-hybridized carbons (Fsp3) is 0.200. The number of nitrogens with one attached hydrogen (secondary N) is 1. The minimum Gasteiger partial charge on any atom is -0.451 e.